The molecule has 0 saturated carbocycles. The van der Waals surface area contributed by atoms with Gasteiger partial charge in [0.2, 0.25) is 0 Å². The van der Waals surface area contributed by atoms with Crippen LogP contribution in [0.2, 0.25) is 5.15 Å². The molecule has 1 atom stereocenters. The van der Waals surface area contributed by atoms with Crippen molar-refractivity contribution in [3.8, 4) is 0 Å². The van der Waals surface area contributed by atoms with Crippen LogP contribution in [0.15, 0.2) is 0 Å². The second-order valence-corrected chi connectivity index (χ2v) is 5.73. The van der Waals surface area contributed by atoms with Crippen LogP contribution < -0.4 is 4.90 Å². The Balaban J connectivity index is 3.06. The highest BCUT2D eigenvalue weighted by Crippen LogP contribution is 2.25. The van der Waals surface area contributed by atoms with Crippen LogP contribution in [0.1, 0.15) is 51.4 Å². The maximum absolute atomic E-state index is 6.20. The molecule has 3 nitrogen and oxygen atoms in total. The zero-order valence-corrected chi connectivity index (χ0v) is 13.0. The van der Waals surface area contributed by atoms with Crippen LogP contribution in [0.4, 0.5) is 5.82 Å². The fourth-order valence-corrected chi connectivity index (χ4v) is 1.98. The van der Waals surface area contributed by atoms with Gasteiger partial charge in [-0.05, 0) is 12.8 Å². The van der Waals surface area contributed by atoms with Crippen LogP contribution in [0, 0.1) is 12.8 Å². The van der Waals surface area contributed by atoms with E-state index in [0.29, 0.717) is 17.0 Å². The lowest BCUT2D eigenvalue weighted by molar-refractivity contribution is 0.556. The molecule has 0 aliphatic heterocycles. The molecule has 0 saturated heterocycles. The van der Waals surface area contributed by atoms with E-state index in [-0.39, 0.29) is 0 Å². The molecule has 0 aromatic carbocycles. The molecule has 102 valence electrons. The SMILES string of the molecule is CCC(C)CN(C)c1nc(C(C)C)nc(Cl)c1C. The van der Waals surface area contributed by atoms with Gasteiger partial charge in [0.05, 0.1) is 0 Å². The molecule has 0 bridgehead atoms. The minimum atomic E-state index is 0.291. The smallest absolute Gasteiger partial charge is 0.137 e. The van der Waals surface area contributed by atoms with Crippen molar-refractivity contribution in [2.24, 2.45) is 5.92 Å². The van der Waals surface area contributed by atoms with E-state index < -0.39 is 0 Å². The van der Waals surface area contributed by atoms with Gasteiger partial charge >= 0.3 is 0 Å². The van der Waals surface area contributed by atoms with Gasteiger partial charge in [-0.2, -0.15) is 0 Å². The van der Waals surface area contributed by atoms with Gasteiger partial charge in [-0.3, -0.25) is 0 Å². The molecule has 0 radical (unpaired) electrons. The van der Waals surface area contributed by atoms with Crippen molar-refractivity contribution in [2.45, 2.75) is 47.0 Å². The molecule has 0 aliphatic carbocycles. The van der Waals surface area contributed by atoms with Crippen LogP contribution in [-0.2, 0) is 0 Å². The largest absolute Gasteiger partial charge is 0.359 e. The number of hydrogen-bond donors (Lipinski definition) is 0. The second-order valence-electron chi connectivity index (χ2n) is 5.37. The molecule has 1 aromatic heterocycles. The number of rotatable bonds is 5. The average Bonchev–Trinajstić information content (AvgIpc) is 2.31. The third kappa shape index (κ3) is 3.58. The molecule has 1 heterocycles. The number of nitrogens with zero attached hydrogens (tertiary/aromatic N) is 3. The fraction of sp³-hybridized carbons (Fsp3) is 0.714. The van der Waals surface area contributed by atoms with E-state index >= 15 is 0 Å². The van der Waals surface area contributed by atoms with Crippen LogP contribution >= 0.6 is 11.6 Å². The maximum atomic E-state index is 6.20. The Hall–Kier alpha value is -0.830. The van der Waals surface area contributed by atoms with E-state index in [4.69, 9.17) is 11.6 Å². The fourth-order valence-electron chi connectivity index (χ4n) is 1.81. The first-order chi connectivity index (χ1) is 8.36. The predicted octanol–water partition coefficient (Wildman–Crippen LogP) is 4.04. The molecule has 0 aliphatic rings. The van der Waals surface area contributed by atoms with Gasteiger partial charge in [-0.15, -0.1) is 0 Å². The Morgan fingerprint density at radius 3 is 2.33 bits per heavy atom. The van der Waals surface area contributed by atoms with E-state index in [9.17, 15) is 0 Å². The average molecular weight is 270 g/mol. The molecule has 1 unspecified atom stereocenters. The summed E-state index contributed by atoms with van der Waals surface area (Å²) in [7, 11) is 2.07. The Bertz CT molecular complexity index is 404. The molecule has 1 aromatic rings. The molecular formula is C14H24ClN3. The van der Waals surface area contributed by atoms with Crippen molar-refractivity contribution in [3.05, 3.63) is 16.5 Å². The standard InChI is InChI=1S/C14H24ClN3/c1-7-10(4)8-18(6)14-11(5)12(15)16-13(17-14)9(2)3/h9-10H,7-8H2,1-6H3. The number of aromatic nitrogens is 2. The van der Waals surface area contributed by atoms with Crippen molar-refractivity contribution < 1.29 is 0 Å². The monoisotopic (exact) mass is 269 g/mol. The summed E-state index contributed by atoms with van der Waals surface area (Å²) in [5.74, 6) is 2.71. The minimum Gasteiger partial charge on any atom is -0.359 e. The Kier molecular flexibility index (Phi) is 5.39. The predicted molar refractivity (Wildman–Crippen MR) is 78.6 cm³/mol. The van der Waals surface area contributed by atoms with Crippen molar-refractivity contribution in [3.63, 3.8) is 0 Å². The summed E-state index contributed by atoms with van der Waals surface area (Å²) in [6.07, 6.45) is 1.17. The summed E-state index contributed by atoms with van der Waals surface area (Å²) in [6.45, 7) is 11.6. The van der Waals surface area contributed by atoms with Gasteiger partial charge < -0.3 is 4.90 Å². The topological polar surface area (TPSA) is 29.0 Å². The van der Waals surface area contributed by atoms with Gasteiger partial charge in [-0.25, -0.2) is 9.97 Å². The molecule has 4 heteroatoms. The van der Waals surface area contributed by atoms with E-state index in [0.717, 1.165) is 23.8 Å². The van der Waals surface area contributed by atoms with E-state index in [1.807, 2.05) is 6.92 Å². The molecule has 1 rings (SSSR count). The summed E-state index contributed by atoms with van der Waals surface area (Å²) in [6, 6.07) is 0. The third-order valence-corrected chi connectivity index (χ3v) is 3.61. The summed E-state index contributed by atoms with van der Waals surface area (Å²) >= 11 is 6.20. The van der Waals surface area contributed by atoms with Gasteiger partial charge in [0.15, 0.2) is 0 Å². The molecule has 0 spiro atoms. The lowest BCUT2D eigenvalue weighted by Crippen LogP contribution is -2.26. The lowest BCUT2D eigenvalue weighted by Gasteiger charge is -2.24. The number of anilines is 1. The Labute approximate surface area is 116 Å². The first kappa shape index (κ1) is 15.2. The van der Waals surface area contributed by atoms with E-state index in [1.54, 1.807) is 0 Å². The summed E-state index contributed by atoms with van der Waals surface area (Å²) < 4.78 is 0. The van der Waals surface area contributed by atoms with Crippen LogP contribution in [0.5, 0.6) is 0 Å². The minimum absolute atomic E-state index is 0.291. The Morgan fingerprint density at radius 1 is 1.22 bits per heavy atom. The van der Waals surface area contributed by atoms with E-state index in [2.05, 4.69) is 49.6 Å². The van der Waals surface area contributed by atoms with Gasteiger partial charge in [0.25, 0.3) is 0 Å². The summed E-state index contributed by atoms with van der Waals surface area (Å²) in [5.41, 5.74) is 0.965. The van der Waals surface area contributed by atoms with Crippen molar-refractivity contribution >= 4 is 17.4 Å². The summed E-state index contributed by atoms with van der Waals surface area (Å²) in [4.78, 5) is 11.2. The first-order valence-electron chi connectivity index (χ1n) is 6.61. The second kappa shape index (κ2) is 6.37. The third-order valence-electron chi connectivity index (χ3n) is 3.24. The van der Waals surface area contributed by atoms with Gasteiger partial charge in [0, 0.05) is 25.1 Å². The normalized spacial score (nSPS) is 12.9. The zero-order chi connectivity index (χ0) is 13.9. The molecule has 18 heavy (non-hydrogen) atoms. The zero-order valence-electron chi connectivity index (χ0n) is 12.3. The van der Waals surface area contributed by atoms with Crippen LogP contribution in [0.3, 0.4) is 0 Å². The van der Waals surface area contributed by atoms with Crippen LogP contribution in [0.25, 0.3) is 0 Å². The maximum Gasteiger partial charge on any atom is 0.137 e. The molecule has 0 amide bonds. The van der Waals surface area contributed by atoms with Crippen molar-refractivity contribution in [2.75, 3.05) is 18.5 Å². The number of halogens is 1. The van der Waals surface area contributed by atoms with Crippen molar-refractivity contribution in [1.29, 1.82) is 0 Å². The quantitative estimate of drug-likeness (QED) is 0.756. The van der Waals surface area contributed by atoms with Crippen LogP contribution in [-0.4, -0.2) is 23.6 Å². The highest BCUT2D eigenvalue weighted by Gasteiger charge is 2.15. The highest BCUT2D eigenvalue weighted by atomic mass is 35.5. The highest BCUT2D eigenvalue weighted by molar-refractivity contribution is 6.30. The van der Waals surface area contributed by atoms with Gasteiger partial charge in [-0.1, -0.05) is 45.7 Å². The Morgan fingerprint density at radius 2 is 1.83 bits per heavy atom. The number of hydrogen-bond acceptors (Lipinski definition) is 3. The molecule has 0 fully saturated rings. The first-order valence-corrected chi connectivity index (χ1v) is 6.99. The van der Waals surface area contributed by atoms with E-state index in [1.165, 1.54) is 6.42 Å². The van der Waals surface area contributed by atoms with Crippen molar-refractivity contribution in [1.82, 2.24) is 9.97 Å². The molecular weight excluding hydrogens is 246 g/mol. The van der Waals surface area contributed by atoms with Gasteiger partial charge in [0.1, 0.15) is 16.8 Å². The molecule has 0 N–H and O–H groups in total. The summed E-state index contributed by atoms with van der Waals surface area (Å²) in [5, 5.41) is 0.569. The lowest BCUT2D eigenvalue weighted by atomic mass is 10.1.